The molecule has 1 aliphatic carbocycles. The zero-order valence-corrected chi connectivity index (χ0v) is 8.21. The summed E-state index contributed by atoms with van der Waals surface area (Å²) in [5, 5.41) is 19.0. The lowest BCUT2D eigenvalue weighted by Gasteiger charge is -1.96. The highest BCUT2D eigenvalue weighted by Crippen LogP contribution is 2.43. The van der Waals surface area contributed by atoms with Crippen LogP contribution >= 0.6 is 11.3 Å². The van der Waals surface area contributed by atoms with E-state index in [1.165, 1.54) is 17.8 Å². The van der Waals surface area contributed by atoms with Crippen molar-refractivity contribution in [3.63, 3.8) is 0 Å². The van der Waals surface area contributed by atoms with Gasteiger partial charge in [-0.2, -0.15) is 0 Å². The summed E-state index contributed by atoms with van der Waals surface area (Å²) in [6, 6.07) is 1.75. The topological polar surface area (TPSA) is 69.1 Å². The maximum Gasteiger partial charge on any atom is 0.193 e. The second kappa shape index (κ2) is 2.79. The van der Waals surface area contributed by atoms with Crippen LogP contribution in [0.25, 0.3) is 10.3 Å². The molecule has 0 aromatic carbocycles. The number of aliphatic hydroxyl groups is 2. The molecule has 2 aromatic rings. The minimum atomic E-state index is -1.43. The predicted molar refractivity (Wildman–Crippen MR) is 53.1 cm³/mol. The van der Waals surface area contributed by atoms with Crippen molar-refractivity contribution >= 4 is 21.7 Å². The molecule has 0 radical (unpaired) electrons. The summed E-state index contributed by atoms with van der Waals surface area (Å²) >= 11 is 1.64. The van der Waals surface area contributed by atoms with Crippen molar-refractivity contribution in [2.45, 2.75) is 25.0 Å². The van der Waals surface area contributed by atoms with Crippen molar-refractivity contribution in [3.05, 3.63) is 16.8 Å². The van der Waals surface area contributed by atoms with Gasteiger partial charge in [0.05, 0.1) is 15.4 Å². The van der Waals surface area contributed by atoms with Gasteiger partial charge in [-0.3, -0.25) is 0 Å². The summed E-state index contributed by atoms with van der Waals surface area (Å²) in [6.45, 7) is 0. The molecular formula is C9H10N2O2S. The standard InChI is InChI=1S/C9H10N2O2S/c12-9(13)5-3-6-7(10-5)11-8(14-6)4-1-2-4/h3-4,9-10,12-13H,1-2H2. The zero-order valence-electron chi connectivity index (χ0n) is 7.40. The van der Waals surface area contributed by atoms with Crippen molar-refractivity contribution in [2.24, 2.45) is 0 Å². The Kier molecular flexibility index (Phi) is 1.67. The third kappa shape index (κ3) is 1.25. The second-order valence-electron chi connectivity index (χ2n) is 3.64. The number of fused-ring (bicyclic) bond motifs is 1. The molecule has 14 heavy (non-hydrogen) atoms. The number of aromatic amines is 1. The van der Waals surface area contributed by atoms with Crippen LogP contribution in [0.5, 0.6) is 0 Å². The Labute approximate surface area is 84.2 Å². The van der Waals surface area contributed by atoms with E-state index in [2.05, 4.69) is 9.97 Å². The van der Waals surface area contributed by atoms with E-state index < -0.39 is 6.29 Å². The molecular weight excluding hydrogens is 200 g/mol. The van der Waals surface area contributed by atoms with Crippen LogP contribution in [0.15, 0.2) is 6.07 Å². The summed E-state index contributed by atoms with van der Waals surface area (Å²) in [7, 11) is 0. The van der Waals surface area contributed by atoms with Gasteiger partial charge in [-0.05, 0) is 18.9 Å². The number of hydrogen-bond acceptors (Lipinski definition) is 4. The number of H-pyrrole nitrogens is 1. The van der Waals surface area contributed by atoms with Gasteiger partial charge in [-0.15, -0.1) is 11.3 Å². The molecule has 4 nitrogen and oxygen atoms in total. The van der Waals surface area contributed by atoms with Crippen LogP contribution < -0.4 is 0 Å². The minimum absolute atomic E-state index is 0.418. The summed E-state index contributed by atoms with van der Waals surface area (Å²) in [5.41, 5.74) is 1.20. The molecule has 74 valence electrons. The molecule has 0 unspecified atom stereocenters. The number of aromatic nitrogens is 2. The molecule has 1 fully saturated rings. The van der Waals surface area contributed by atoms with Crippen LogP contribution in [-0.2, 0) is 0 Å². The molecule has 2 heterocycles. The largest absolute Gasteiger partial charge is 0.363 e. The normalized spacial score (nSPS) is 17.1. The van der Waals surface area contributed by atoms with Crippen LogP contribution in [0.3, 0.4) is 0 Å². The molecule has 0 aliphatic heterocycles. The average molecular weight is 210 g/mol. The van der Waals surface area contributed by atoms with E-state index in [9.17, 15) is 0 Å². The van der Waals surface area contributed by atoms with Gasteiger partial charge in [0.2, 0.25) is 0 Å². The first kappa shape index (κ1) is 8.40. The van der Waals surface area contributed by atoms with E-state index in [-0.39, 0.29) is 0 Å². The Balaban J connectivity index is 2.05. The van der Waals surface area contributed by atoms with Gasteiger partial charge in [0.25, 0.3) is 0 Å². The SMILES string of the molecule is OC(O)c1cc2sc(C3CC3)nc2[nH]1. The van der Waals surface area contributed by atoms with Crippen molar-refractivity contribution in [1.82, 2.24) is 9.97 Å². The summed E-state index contributed by atoms with van der Waals surface area (Å²) in [4.78, 5) is 7.32. The summed E-state index contributed by atoms with van der Waals surface area (Å²) < 4.78 is 1.01. The van der Waals surface area contributed by atoms with Crippen LogP contribution in [0.1, 0.15) is 35.8 Å². The van der Waals surface area contributed by atoms with E-state index in [0.717, 1.165) is 10.3 Å². The smallest absolute Gasteiger partial charge is 0.193 e. The fourth-order valence-electron chi connectivity index (χ4n) is 1.49. The van der Waals surface area contributed by atoms with Gasteiger partial charge >= 0.3 is 0 Å². The third-order valence-electron chi connectivity index (χ3n) is 2.42. The fourth-order valence-corrected chi connectivity index (χ4v) is 2.64. The van der Waals surface area contributed by atoms with E-state index >= 15 is 0 Å². The van der Waals surface area contributed by atoms with Gasteiger partial charge in [-0.1, -0.05) is 0 Å². The van der Waals surface area contributed by atoms with Crippen LogP contribution in [-0.4, -0.2) is 20.2 Å². The molecule has 0 spiro atoms. The lowest BCUT2D eigenvalue weighted by Crippen LogP contribution is -1.94. The highest BCUT2D eigenvalue weighted by atomic mass is 32.1. The summed E-state index contributed by atoms with van der Waals surface area (Å²) in [5.74, 6) is 0.656. The predicted octanol–water partition coefficient (Wildman–Crippen LogP) is 1.48. The zero-order chi connectivity index (χ0) is 9.71. The number of thiazole rings is 1. The van der Waals surface area contributed by atoms with Gasteiger partial charge in [0.1, 0.15) is 5.65 Å². The third-order valence-corrected chi connectivity index (χ3v) is 3.59. The van der Waals surface area contributed by atoms with Gasteiger partial charge in [0.15, 0.2) is 6.29 Å². The van der Waals surface area contributed by atoms with Crippen LogP contribution in [0.2, 0.25) is 0 Å². The van der Waals surface area contributed by atoms with Crippen molar-refractivity contribution in [1.29, 1.82) is 0 Å². The Hall–Kier alpha value is -0.910. The monoisotopic (exact) mass is 210 g/mol. The number of rotatable bonds is 2. The highest BCUT2D eigenvalue weighted by Gasteiger charge is 2.27. The molecule has 3 rings (SSSR count). The van der Waals surface area contributed by atoms with Gasteiger partial charge in [0, 0.05) is 5.92 Å². The highest BCUT2D eigenvalue weighted by molar-refractivity contribution is 7.18. The van der Waals surface area contributed by atoms with E-state index in [1.807, 2.05) is 0 Å². The molecule has 0 saturated heterocycles. The molecule has 0 atom stereocenters. The van der Waals surface area contributed by atoms with Crippen molar-refractivity contribution in [2.75, 3.05) is 0 Å². The first-order valence-corrected chi connectivity index (χ1v) is 5.41. The maximum atomic E-state index is 8.94. The van der Waals surface area contributed by atoms with Gasteiger partial charge in [-0.25, -0.2) is 4.98 Å². The number of aliphatic hydroxyl groups excluding tert-OH is 1. The van der Waals surface area contributed by atoms with E-state index in [4.69, 9.17) is 10.2 Å². The van der Waals surface area contributed by atoms with Crippen molar-refractivity contribution in [3.8, 4) is 0 Å². The maximum absolute atomic E-state index is 8.94. The first-order chi connectivity index (χ1) is 6.74. The molecule has 0 amide bonds. The fraction of sp³-hybridized carbons (Fsp3) is 0.444. The number of nitrogens with zero attached hydrogens (tertiary/aromatic N) is 1. The summed E-state index contributed by atoms with van der Waals surface area (Å²) in [6.07, 6.45) is 1.05. The Bertz CT molecular complexity index is 407. The minimum Gasteiger partial charge on any atom is -0.363 e. The van der Waals surface area contributed by atoms with Crippen LogP contribution in [0, 0.1) is 0 Å². The molecule has 0 bridgehead atoms. The average Bonchev–Trinajstić information content (AvgIpc) is 2.76. The molecule has 1 aliphatic rings. The lowest BCUT2D eigenvalue weighted by molar-refractivity contribution is -0.0453. The quantitative estimate of drug-likeness (QED) is 0.658. The number of nitrogens with one attached hydrogen (secondary N) is 1. The molecule has 1 saturated carbocycles. The number of hydrogen-bond donors (Lipinski definition) is 3. The van der Waals surface area contributed by atoms with E-state index in [0.29, 0.717) is 11.6 Å². The van der Waals surface area contributed by atoms with Gasteiger partial charge < -0.3 is 15.2 Å². The second-order valence-corrected chi connectivity index (χ2v) is 4.70. The van der Waals surface area contributed by atoms with Crippen LogP contribution in [0.4, 0.5) is 0 Å². The first-order valence-electron chi connectivity index (χ1n) is 4.59. The van der Waals surface area contributed by atoms with E-state index in [1.54, 1.807) is 17.4 Å². The Morgan fingerprint density at radius 1 is 1.50 bits per heavy atom. The molecule has 3 N–H and O–H groups in total. The molecule has 5 heteroatoms. The van der Waals surface area contributed by atoms with Crippen molar-refractivity contribution < 1.29 is 10.2 Å². The Morgan fingerprint density at radius 3 is 2.86 bits per heavy atom. The molecule has 2 aromatic heterocycles. The Morgan fingerprint density at radius 2 is 2.29 bits per heavy atom. The lowest BCUT2D eigenvalue weighted by atomic mass is 10.4.